The molecule has 0 saturated heterocycles. The Bertz CT molecular complexity index is 684. The van der Waals surface area contributed by atoms with Crippen molar-refractivity contribution in [3.8, 4) is 0 Å². The fourth-order valence-corrected chi connectivity index (χ4v) is 3.23. The van der Waals surface area contributed by atoms with Crippen LogP contribution in [0.15, 0.2) is 34.8 Å². The predicted octanol–water partition coefficient (Wildman–Crippen LogP) is 4.34. The molecule has 2 aromatic rings. The van der Waals surface area contributed by atoms with E-state index in [1.54, 1.807) is 25.1 Å². The number of thiophene rings is 1. The molecular formula is C15H13BrClNO2S. The fraction of sp³-hybridized carbons (Fsp3) is 0.200. The third-order valence-corrected chi connectivity index (χ3v) is 4.91. The predicted molar refractivity (Wildman–Crippen MR) is 89.5 cm³/mol. The summed E-state index contributed by atoms with van der Waals surface area (Å²) < 4.78 is 0.807. The van der Waals surface area contributed by atoms with Gasteiger partial charge in [-0.2, -0.15) is 0 Å². The van der Waals surface area contributed by atoms with Gasteiger partial charge in [-0.1, -0.05) is 27.5 Å². The third-order valence-electron chi connectivity index (χ3n) is 2.84. The van der Waals surface area contributed by atoms with Crippen LogP contribution < -0.4 is 5.32 Å². The van der Waals surface area contributed by atoms with Crippen molar-refractivity contribution in [3.05, 3.63) is 55.1 Å². The van der Waals surface area contributed by atoms with Crippen LogP contribution >= 0.6 is 38.9 Å². The number of ketones is 1. The van der Waals surface area contributed by atoms with E-state index in [1.807, 2.05) is 12.1 Å². The minimum Gasteiger partial charge on any atom is -0.352 e. The largest absolute Gasteiger partial charge is 0.352 e. The Morgan fingerprint density at radius 3 is 2.71 bits per heavy atom. The molecule has 1 amide bonds. The van der Waals surface area contributed by atoms with Crippen molar-refractivity contribution in [1.82, 2.24) is 5.32 Å². The summed E-state index contributed by atoms with van der Waals surface area (Å²) in [5, 5.41) is 3.25. The van der Waals surface area contributed by atoms with Crippen LogP contribution in [0, 0.1) is 0 Å². The Morgan fingerprint density at radius 2 is 2.05 bits per heavy atom. The van der Waals surface area contributed by atoms with Crippen LogP contribution in [0.5, 0.6) is 0 Å². The first kappa shape index (κ1) is 16.2. The molecule has 0 aliphatic carbocycles. The molecule has 1 N–H and O–H groups in total. The van der Waals surface area contributed by atoms with E-state index in [-0.39, 0.29) is 11.7 Å². The lowest BCUT2D eigenvalue weighted by atomic mass is 10.2. The van der Waals surface area contributed by atoms with E-state index < -0.39 is 0 Å². The number of rotatable bonds is 5. The van der Waals surface area contributed by atoms with Crippen LogP contribution in [0.2, 0.25) is 5.02 Å². The summed E-state index contributed by atoms with van der Waals surface area (Å²) in [6.07, 6.45) is 0.690. The molecule has 0 aliphatic rings. The molecule has 3 nitrogen and oxygen atoms in total. The second-order valence-corrected chi connectivity index (χ2v) is 6.94. The number of hydrogen-bond donors (Lipinski definition) is 1. The number of amides is 1. The highest BCUT2D eigenvalue weighted by atomic mass is 79.9. The van der Waals surface area contributed by atoms with E-state index in [9.17, 15) is 9.59 Å². The van der Waals surface area contributed by atoms with Crippen molar-refractivity contribution in [2.75, 3.05) is 6.54 Å². The number of carbonyl (C=O) groups is 2. The lowest BCUT2D eigenvalue weighted by Crippen LogP contribution is -2.25. The van der Waals surface area contributed by atoms with Gasteiger partial charge >= 0.3 is 0 Å². The summed E-state index contributed by atoms with van der Waals surface area (Å²) in [7, 11) is 0. The van der Waals surface area contributed by atoms with Gasteiger partial charge in [0.1, 0.15) is 0 Å². The number of benzene rings is 1. The lowest BCUT2D eigenvalue weighted by molar-refractivity contribution is 0.0953. The van der Waals surface area contributed by atoms with Gasteiger partial charge in [-0.3, -0.25) is 9.59 Å². The number of Topliss-reactive ketones (excluding diaryl/α,β-unsaturated/α-hetero) is 1. The first-order valence-corrected chi connectivity index (χ1v) is 8.29. The molecule has 0 spiro atoms. The Kier molecular flexibility index (Phi) is 5.56. The molecule has 0 fully saturated rings. The molecule has 1 aromatic heterocycles. The fourth-order valence-electron chi connectivity index (χ4n) is 1.77. The van der Waals surface area contributed by atoms with Crippen LogP contribution in [0.3, 0.4) is 0 Å². The summed E-state index contributed by atoms with van der Waals surface area (Å²) >= 11 is 10.8. The SMILES string of the molecule is CC(=O)c1ccc(CCNC(=O)c2cc(Br)ccc2Cl)s1. The van der Waals surface area contributed by atoms with E-state index in [0.29, 0.717) is 23.6 Å². The van der Waals surface area contributed by atoms with Crippen LogP contribution in [-0.2, 0) is 6.42 Å². The number of carbonyl (C=O) groups excluding carboxylic acids is 2. The van der Waals surface area contributed by atoms with Gasteiger partial charge in [0.15, 0.2) is 5.78 Å². The molecule has 0 aliphatic heterocycles. The van der Waals surface area contributed by atoms with Gasteiger partial charge in [-0.05, 0) is 43.7 Å². The van der Waals surface area contributed by atoms with E-state index in [2.05, 4.69) is 21.2 Å². The van der Waals surface area contributed by atoms with Crippen LogP contribution in [0.25, 0.3) is 0 Å². The molecule has 1 heterocycles. The Morgan fingerprint density at radius 1 is 1.29 bits per heavy atom. The van der Waals surface area contributed by atoms with E-state index >= 15 is 0 Å². The molecular weight excluding hydrogens is 374 g/mol. The molecule has 0 radical (unpaired) electrons. The van der Waals surface area contributed by atoms with Crippen LogP contribution in [0.1, 0.15) is 31.8 Å². The van der Waals surface area contributed by atoms with Crippen molar-refractivity contribution in [3.63, 3.8) is 0 Å². The topological polar surface area (TPSA) is 46.2 Å². The quantitative estimate of drug-likeness (QED) is 0.777. The van der Waals surface area contributed by atoms with Gasteiger partial charge in [0, 0.05) is 15.9 Å². The highest BCUT2D eigenvalue weighted by Crippen LogP contribution is 2.21. The summed E-state index contributed by atoms with van der Waals surface area (Å²) in [6, 6.07) is 8.89. The number of nitrogens with one attached hydrogen (secondary N) is 1. The van der Waals surface area contributed by atoms with Gasteiger partial charge in [-0.25, -0.2) is 0 Å². The van der Waals surface area contributed by atoms with E-state index in [0.717, 1.165) is 14.2 Å². The van der Waals surface area contributed by atoms with Crippen molar-refractivity contribution in [1.29, 1.82) is 0 Å². The molecule has 21 heavy (non-hydrogen) atoms. The molecule has 6 heteroatoms. The molecule has 110 valence electrons. The standard InChI is InChI=1S/C15H13BrClNO2S/c1-9(19)14-5-3-11(21-14)6-7-18-15(20)12-8-10(16)2-4-13(12)17/h2-5,8H,6-7H2,1H3,(H,18,20). The maximum absolute atomic E-state index is 12.1. The molecule has 2 rings (SSSR count). The van der Waals surface area contributed by atoms with E-state index in [1.165, 1.54) is 11.3 Å². The second-order valence-electron chi connectivity index (χ2n) is 4.45. The Balaban J connectivity index is 1.92. The van der Waals surface area contributed by atoms with Crippen molar-refractivity contribution >= 4 is 50.6 Å². The smallest absolute Gasteiger partial charge is 0.252 e. The summed E-state index contributed by atoms with van der Waals surface area (Å²) in [6.45, 7) is 2.05. The molecule has 0 saturated carbocycles. The zero-order chi connectivity index (χ0) is 15.4. The maximum Gasteiger partial charge on any atom is 0.252 e. The van der Waals surface area contributed by atoms with Crippen molar-refractivity contribution in [2.24, 2.45) is 0 Å². The minimum atomic E-state index is -0.204. The van der Waals surface area contributed by atoms with Gasteiger partial charge in [-0.15, -0.1) is 11.3 Å². The van der Waals surface area contributed by atoms with Gasteiger partial charge in [0.25, 0.3) is 5.91 Å². The highest BCUT2D eigenvalue weighted by Gasteiger charge is 2.11. The minimum absolute atomic E-state index is 0.0659. The van der Waals surface area contributed by atoms with Crippen LogP contribution in [-0.4, -0.2) is 18.2 Å². The monoisotopic (exact) mass is 385 g/mol. The Hall–Kier alpha value is -1.17. The highest BCUT2D eigenvalue weighted by molar-refractivity contribution is 9.10. The van der Waals surface area contributed by atoms with Gasteiger partial charge in [0.05, 0.1) is 15.5 Å². The number of hydrogen-bond acceptors (Lipinski definition) is 3. The second kappa shape index (κ2) is 7.20. The first-order chi connectivity index (χ1) is 9.97. The Labute approximate surface area is 140 Å². The average molecular weight is 387 g/mol. The van der Waals surface area contributed by atoms with E-state index in [4.69, 9.17) is 11.6 Å². The maximum atomic E-state index is 12.1. The summed E-state index contributed by atoms with van der Waals surface area (Å²) in [4.78, 5) is 25.1. The zero-order valence-electron chi connectivity index (χ0n) is 11.3. The zero-order valence-corrected chi connectivity index (χ0v) is 14.4. The first-order valence-electron chi connectivity index (χ1n) is 6.30. The van der Waals surface area contributed by atoms with Gasteiger partial charge in [0.2, 0.25) is 0 Å². The lowest BCUT2D eigenvalue weighted by Gasteiger charge is -2.06. The molecule has 0 atom stereocenters. The summed E-state index contributed by atoms with van der Waals surface area (Å²) in [5.74, 6) is -0.138. The van der Waals surface area contributed by atoms with Crippen molar-refractivity contribution < 1.29 is 9.59 Å². The molecule has 0 bridgehead atoms. The normalized spacial score (nSPS) is 10.4. The average Bonchev–Trinajstić information content (AvgIpc) is 2.90. The molecule has 0 unspecified atom stereocenters. The third kappa shape index (κ3) is 4.40. The molecule has 1 aromatic carbocycles. The number of halogens is 2. The van der Waals surface area contributed by atoms with Crippen LogP contribution in [0.4, 0.5) is 0 Å². The van der Waals surface area contributed by atoms with Crippen molar-refractivity contribution in [2.45, 2.75) is 13.3 Å². The summed E-state index contributed by atoms with van der Waals surface area (Å²) in [5.41, 5.74) is 0.446. The van der Waals surface area contributed by atoms with Gasteiger partial charge < -0.3 is 5.32 Å².